The van der Waals surface area contributed by atoms with Crippen LogP contribution in [0.1, 0.15) is 92.7 Å². The quantitative estimate of drug-likeness (QED) is 0.0970. The van der Waals surface area contributed by atoms with Crippen LogP contribution >= 0.6 is 23.2 Å². The van der Waals surface area contributed by atoms with Gasteiger partial charge in [-0.25, -0.2) is 23.9 Å². The van der Waals surface area contributed by atoms with Crippen molar-refractivity contribution >= 4 is 61.1 Å². The summed E-state index contributed by atoms with van der Waals surface area (Å²) in [6.07, 6.45) is 4.27. The van der Waals surface area contributed by atoms with Crippen LogP contribution < -0.4 is 15.4 Å². The molecular weight excluding hydrogens is 917 g/mol. The Morgan fingerprint density at radius 3 is 2.16 bits per heavy atom. The standard InChI is InChI=1S/C49H66Cl2FN7O7Si/c1-47(2,3)65-45(61)58(30-33-19-21-38(60)55-33)26-14-15-31-18-20-36(57-44(31)63-10)34-23-25-53-42(40(34)51)35-16-13-17-37(39(35)50)56-43-41(52)32(22-24-54-43)29-59(46(62)66-48(4,5)6)27-28-64-67(11,12)49(7,8)9/h13,16-18,20,22-25,33H,14-15,19,21,26-30H2,1-12H3,(H,54,56)(H,55,60)/t33-/m0/s1. The minimum atomic E-state index is -2.12. The lowest BCUT2D eigenvalue weighted by Gasteiger charge is -2.37. The highest BCUT2D eigenvalue weighted by Gasteiger charge is 2.37. The van der Waals surface area contributed by atoms with Crippen molar-refractivity contribution in [2.24, 2.45) is 0 Å². The Balaban J connectivity index is 1.33. The van der Waals surface area contributed by atoms with Crippen molar-refractivity contribution < 1.29 is 37.4 Å². The van der Waals surface area contributed by atoms with Crippen molar-refractivity contribution in [1.29, 1.82) is 0 Å². The van der Waals surface area contributed by atoms with Crippen LogP contribution in [0.25, 0.3) is 22.5 Å². The number of benzene rings is 1. The lowest BCUT2D eigenvalue weighted by molar-refractivity contribution is -0.119. The van der Waals surface area contributed by atoms with E-state index >= 15 is 4.39 Å². The van der Waals surface area contributed by atoms with Crippen molar-refractivity contribution in [3.05, 3.63) is 81.8 Å². The summed E-state index contributed by atoms with van der Waals surface area (Å²) in [6.45, 7) is 22.6. The molecule has 3 amide bonds. The number of carbonyl (C=O) groups excluding carboxylic acids is 3. The molecule has 0 radical (unpaired) electrons. The van der Waals surface area contributed by atoms with Crippen molar-refractivity contribution in [2.75, 3.05) is 38.7 Å². The predicted octanol–water partition coefficient (Wildman–Crippen LogP) is 11.6. The SMILES string of the molecule is COc1nc(-c2ccnc(-c3cccc(Nc4nccc(CN(CCO[Si](C)(C)C(C)(C)C)C(=O)OC(C)(C)C)c4F)c3Cl)c2Cl)ccc1CCCN(C[C@@H]1CCC(=O)N1)C(=O)OC(C)(C)C. The van der Waals surface area contributed by atoms with E-state index in [4.69, 9.17) is 46.8 Å². The van der Waals surface area contributed by atoms with Gasteiger partial charge in [0.25, 0.3) is 0 Å². The van der Waals surface area contributed by atoms with Crippen LogP contribution in [0.2, 0.25) is 28.2 Å². The minimum absolute atomic E-state index is 0.0201. The maximum Gasteiger partial charge on any atom is 0.410 e. The zero-order valence-electron chi connectivity index (χ0n) is 40.9. The second kappa shape index (κ2) is 21.9. The number of nitrogens with zero attached hydrogens (tertiary/aromatic N) is 5. The number of aromatic nitrogens is 3. The fraction of sp³-hybridized carbons (Fsp3) is 0.510. The molecule has 2 N–H and O–H groups in total. The molecule has 4 heterocycles. The Morgan fingerprint density at radius 2 is 1.54 bits per heavy atom. The molecule has 1 saturated heterocycles. The lowest BCUT2D eigenvalue weighted by Crippen LogP contribution is -2.44. The van der Waals surface area contributed by atoms with Crippen LogP contribution in [0, 0.1) is 5.82 Å². The molecule has 1 fully saturated rings. The summed E-state index contributed by atoms with van der Waals surface area (Å²) < 4.78 is 39.8. The first kappa shape index (κ1) is 52.9. The minimum Gasteiger partial charge on any atom is -0.481 e. The second-order valence-corrected chi connectivity index (χ2v) is 25.7. The molecule has 0 bridgehead atoms. The van der Waals surface area contributed by atoms with Crippen LogP contribution in [0.15, 0.2) is 54.9 Å². The summed E-state index contributed by atoms with van der Waals surface area (Å²) in [5.41, 5.74) is 1.91. The van der Waals surface area contributed by atoms with Gasteiger partial charge < -0.3 is 39.1 Å². The second-order valence-electron chi connectivity index (χ2n) is 20.2. The van der Waals surface area contributed by atoms with E-state index < -0.39 is 37.5 Å². The van der Waals surface area contributed by atoms with Crippen molar-refractivity contribution in [3.63, 3.8) is 0 Å². The number of carbonyl (C=O) groups is 3. The van der Waals surface area contributed by atoms with E-state index in [2.05, 4.69) is 54.5 Å². The van der Waals surface area contributed by atoms with E-state index in [1.807, 2.05) is 32.9 Å². The zero-order valence-corrected chi connectivity index (χ0v) is 43.4. The van der Waals surface area contributed by atoms with E-state index in [1.165, 1.54) is 17.2 Å². The number of halogens is 3. The normalized spacial score (nSPS) is 14.4. The van der Waals surface area contributed by atoms with E-state index in [9.17, 15) is 14.4 Å². The third kappa shape index (κ3) is 14.5. The Kier molecular flexibility index (Phi) is 17.3. The molecule has 67 heavy (non-hydrogen) atoms. The molecular formula is C49H66Cl2FN7O7Si. The molecule has 1 aliphatic heterocycles. The summed E-state index contributed by atoms with van der Waals surface area (Å²) in [5, 5.41) is 6.45. The monoisotopic (exact) mass is 981 g/mol. The molecule has 3 aromatic heterocycles. The smallest absolute Gasteiger partial charge is 0.410 e. The van der Waals surface area contributed by atoms with Gasteiger partial charge in [0.1, 0.15) is 11.2 Å². The Hall–Kier alpha value is -5.03. The predicted molar refractivity (Wildman–Crippen MR) is 264 cm³/mol. The van der Waals surface area contributed by atoms with E-state index in [-0.39, 0.29) is 58.1 Å². The maximum atomic E-state index is 16.4. The highest BCUT2D eigenvalue weighted by atomic mass is 35.5. The molecule has 364 valence electrons. The van der Waals surface area contributed by atoms with Gasteiger partial charge >= 0.3 is 12.2 Å². The fourth-order valence-corrected chi connectivity index (χ4v) is 8.57. The van der Waals surface area contributed by atoms with Crippen molar-refractivity contribution in [2.45, 2.75) is 130 Å². The number of hydrogen-bond donors (Lipinski definition) is 2. The van der Waals surface area contributed by atoms with Gasteiger partial charge in [-0.15, -0.1) is 0 Å². The number of anilines is 2. The maximum absolute atomic E-state index is 16.4. The molecule has 18 heteroatoms. The molecule has 1 aliphatic rings. The Labute approximate surface area is 405 Å². The van der Waals surface area contributed by atoms with Gasteiger partial charge in [0.15, 0.2) is 20.0 Å². The summed E-state index contributed by atoms with van der Waals surface area (Å²) in [7, 11) is -0.579. The molecule has 0 spiro atoms. The summed E-state index contributed by atoms with van der Waals surface area (Å²) >= 11 is 14.1. The van der Waals surface area contributed by atoms with Gasteiger partial charge in [0.2, 0.25) is 11.8 Å². The largest absolute Gasteiger partial charge is 0.481 e. The van der Waals surface area contributed by atoms with Gasteiger partial charge in [0.05, 0.1) is 47.4 Å². The van der Waals surface area contributed by atoms with Crippen LogP contribution in [0.3, 0.4) is 0 Å². The number of hydrogen-bond acceptors (Lipinski definition) is 11. The van der Waals surface area contributed by atoms with Gasteiger partial charge in [-0.05, 0) is 103 Å². The van der Waals surface area contributed by atoms with Gasteiger partial charge in [-0.1, -0.05) is 62.2 Å². The molecule has 5 rings (SSSR count). The summed E-state index contributed by atoms with van der Waals surface area (Å²) in [6, 6.07) is 12.1. The van der Waals surface area contributed by atoms with Gasteiger partial charge in [-0.2, -0.15) is 0 Å². The van der Waals surface area contributed by atoms with E-state index in [0.29, 0.717) is 72.9 Å². The Morgan fingerprint density at radius 1 is 0.866 bits per heavy atom. The first-order chi connectivity index (χ1) is 31.3. The Bertz CT molecular complexity index is 2400. The third-order valence-corrected chi connectivity index (χ3v) is 16.8. The van der Waals surface area contributed by atoms with Crippen molar-refractivity contribution in [3.8, 4) is 28.4 Å². The van der Waals surface area contributed by atoms with E-state index in [1.54, 1.807) is 63.2 Å². The molecule has 14 nitrogen and oxygen atoms in total. The average molecular weight is 983 g/mol. The number of ether oxygens (including phenoxy) is 3. The number of amides is 3. The molecule has 1 aromatic carbocycles. The first-order valence-corrected chi connectivity index (χ1v) is 26.2. The zero-order chi connectivity index (χ0) is 49.5. The fourth-order valence-electron chi connectivity index (χ4n) is 6.97. The number of pyridine rings is 3. The van der Waals surface area contributed by atoms with Gasteiger partial charge in [0, 0.05) is 66.7 Å². The molecule has 0 aliphatic carbocycles. The van der Waals surface area contributed by atoms with Crippen molar-refractivity contribution in [1.82, 2.24) is 30.1 Å². The summed E-state index contributed by atoms with van der Waals surface area (Å²) in [5.74, 6) is -0.382. The highest BCUT2D eigenvalue weighted by molar-refractivity contribution is 6.74. The van der Waals surface area contributed by atoms with Crippen LogP contribution in [0.4, 0.5) is 25.5 Å². The number of methoxy groups -OCH3 is 1. The van der Waals surface area contributed by atoms with Crippen LogP contribution in [0.5, 0.6) is 5.88 Å². The number of aryl methyl sites for hydroxylation is 1. The molecule has 4 aromatic rings. The highest BCUT2D eigenvalue weighted by Crippen LogP contribution is 2.41. The number of nitrogens with one attached hydrogen (secondary N) is 2. The van der Waals surface area contributed by atoms with Crippen LogP contribution in [-0.4, -0.2) is 102 Å². The molecule has 0 unspecified atom stereocenters. The van der Waals surface area contributed by atoms with E-state index in [0.717, 1.165) is 5.56 Å². The lowest BCUT2D eigenvalue weighted by atomic mass is 10.0. The summed E-state index contributed by atoms with van der Waals surface area (Å²) in [4.78, 5) is 55.2. The third-order valence-electron chi connectivity index (χ3n) is 11.5. The topological polar surface area (TPSA) is 157 Å². The molecule has 0 saturated carbocycles. The average Bonchev–Trinajstić information content (AvgIpc) is 3.64. The number of rotatable bonds is 17. The molecule has 1 atom stereocenters. The van der Waals surface area contributed by atoms with Crippen LogP contribution in [-0.2, 0) is 31.7 Å². The van der Waals surface area contributed by atoms with Gasteiger partial charge in [-0.3, -0.25) is 9.78 Å². The first-order valence-electron chi connectivity index (χ1n) is 22.5.